The first-order chi connectivity index (χ1) is 10.9. The van der Waals surface area contributed by atoms with E-state index in [1.54, 1.807) is 4.88 Å². The van der Waals surface area contributed by atoms with E-state index in [1.165, 1.54) is 64.2 Å². The van der Waals surface area contributed by atoms with E-state index in [0.717, 1.165) is 12.2 Å². The van der Waals surface area contributed by atoms with Gasteiger partial charge in [-0.3, -0.25) is 0 Å². The molecule has 2 aromatic heterocycles. The van der Waals surface area contributed by atoms with E-state index < -0.39 is 0 Å². The second-order valence-electron chi connectivity index (χ2n) is 5.93. The molecule has 0 aliphatic rings. The molecule has 0 atom stereocenters. The van der Waals surface area contributed by atoms with E-state index in [9.17, 15) is 0 Å². The fourth-order valence-corrected chi connectivity index (χ4v) is 3.48. The Morgan fingerprint density at radius 2 is 1.27 bits per heavy atom. The van der Waals surface area contributed by atoms with Gasteiger partial charge in [0.25, 0.3) is 0 Å². The van der Waals surface area contributed by atoms with Crippen molar-refractivity contribution in [3.8, 4) is 0 Å². The zero-order valence-electron chi connectivity index (χ0n) is 13.5. The van der Waals surface area contributed by atoms with Crippen LogP contribution in [-0.2, 0) is 12.8 Å². The van der Waals surface area contributed by atoms with Crippen LogP contribution in [0.2, 0.25) is 0 Å². The van der Waals surface area contributed by atoms with Crippen LogP contribution in [0.25, 0.3) is 0 Å². The maximum absolute atomic E-state index is 4.26. The lowest BCUT2D eigenvalue weighted by molar-refractivity contribution is 0.556. The van der Waals surface area contributed by atoms with Gasteiger partial charge in [0.1, 0.15) is 5.82 Å². The molecule has 22 heavy (non-hydrogen) atoms. The lowest BCUT2D eigenvalue weighted by atomic mass is 10.1. The van der Waals surface area contributed by atoms with E-state index in [4.69, 9.17) is 0 Å². The van der Waals surface area contributed by atoms with Crippen molar-refractivity contribution in [1.29, 1.82) is 0 Å². The van der Waals surface area contributed by atoms with Gasteiger partial charge in [0, 0.05) is 23.7 Å². The Kier molecular flexibility index (Phi) is 8.85. The van der Waals surface area contributed by atoms with Crippen LogP contribution in [0.15, 0.2) is 36.0 Å². The molecule has 0 radical (unpaired) electrons. The van der Waals surface area contributed by atoms with Crippen LogP contribution in [0.5, 0.6) is 0 Å². The molecule has 0 aromatic carbocycles. The normalized spacial score (nSPS) is 10.9. The molecule has 0 N–H and O–H groups in total. The van der Waals surface area contributed by atoms with Crippen LogP contribution in [0.1, 0.15) is 68.5 Å². The molecule has 0 spiro atoms. The van der Waals surface area contributed by atoms with Crippen LogP contribution in [0.4, 0.5) is 0 Å². The Labute approximate surface area is 139 Å². The standard InChI is InChI=1S/C19H28N2S/c1(2-4-6-8-12-18-13-10-17-22-18)3-5-7-9-14-19-20-15-11-16-21-19/h10-11,13,15-17H,1-9,12,14H2. The van der Waals surface area contributed by atoms with Gasteiger partial charge in [0.2, 0.25) is 0 Å². The van der Waals surface area contributed by atoms with E-state index in [2.05, 4.69) is 27.5 Å². The third-order valence-electron chi connectivity index (χ3n) is 4.02. The monoisotopic (exact) mass is 316 g/mol. The third kappa shape index (κ3) is 7.69. The number of unbranched alkanes of at least 4 members (excludes halogenated alkanes) is 8. The highest BCUT2D eigenvalue weighted by Gasteiger charge is 1.97. The summed E-state index contributed by atoms with van der Waals surface area (Å²) in [6, 6.07) is 6.29. The quantitative estimate of drug-likeness (QED) is 0.460. The summed E-state index contributed by atoms with van der Waals surface area (Å²) in [5.41, 5.74) is 0. The average Bonchev–Trinajstić information content (AvgIpc) is 3.07. The number of aryl methyl sites for hydroxylation is 2. The molecular weight excluding hydrogens is 288 g/mol. The molecule has 2 heterocycles. The van der Waals surface area contributed by atoms with Crippen molar-refractivity contribution in [2.75, 3.05) is 0 Å². The molecule has 2 nitrogen and oxygen atoms in total. The predicted octanol–water partition coefficient (Wildman–Crippen LogP) is 5.83. The first-order valence-electron chi connectivity index (χ1n) is 8.73. The van der Waals surface area contributed by atoms with E-state index in [-0.39, 0.29) is 0 Å². The summed E-state index contributed by atoms with van der Waals surface area (Å²) < 4.78 is 0. The summed E-state index contributed by atoms with van der Waals surface area (Å²) in [6.07, 6.45) is 18.2. The van der Waals surface area contributed by atoms with Crippen molar-refractivity contribution in [3.05, 3.63) is 46.7 Å². The van der Waals surface area contributed by atoms with Crippen LogP contribution in [-0.4, -0.2) is 9.97 Å². The number of rotatable bonds is 12. The summed E-state index contributed by atoms with van der Waals surface area (Å²) in [5.74, 6) is 0.994. The maximum atomic E-state index is 4.26. The van der Waals surface area contributed by atoms with Crippen molar-refractivity contribution in [3.63, 3.8) is 0 Å². The maximum Gasteiger partial charge on any atom is 0.128 e. The lowest BCUT2D eigenvalue weighted by Crippen LogP contribution is -1.93. The number of aromatic nitrogens is 2. The first-order valence-corrected chi connectivity index (χ1v) is 9.61. The first kappa shape index (κ1) is 17.1. The topological polar surface area (TPSA) is 25.8 Å². The van der Waals surface area contributed by atoms with Gasteiger partial charge < -0.3 is 0 Å². The minimum atomic E-state index is 0.994. The van der Waals surface area contributed by atoms with Gasteiger partial charge in [-0.25, -0.2) is 9.97 Å². The molecule has 0 fully saturated rings. The van der Waals surface area contributed by atoms with Crippen LogP contribution in [0, 0.1) is 0 Å². The molecule has 0 amide bonds. The second-order valence-corrected chi connectivity index (χ2v) is 6.96. The summed E-state index contributed by atoms with van der Waals surface area (Å²) in [4.78, 5) is 10.1. The summed E-state index contributed by atoms with van der Waals surface area (Å²) in [5, 5.41) is 2.18. The van der Waals surface area contributed by atoms with Gasteiger partial charge in [0.15, 0.2) is 0 Å². The molecule has 0 saturated heterocycles. The molecule has 0 bridgehead atoms. The molecule has 2 aromatic rings. The smallest absolute Gasteiger partial charge is 0.128 e. The van der Waals surface area contributed by atoms with Gasteiger partial charge in [-0.2, -0.15) is 0 Å². The van der Waals surface area contributed by atoms with Crippen molar-refractivity contribution in [2.24, 2.45) is 0 Å². The molecule has 0 saturated carbocycles. The minimum absolute atomic E-state index is 0.994. The zero-order valence-corrected chi connectivity index (χ0v) is 14.4. The number of hydrogen-bond acceptors (Lipinski definition) is 3. The summed E-state index contributed by atoms with van der Waals surface area (Å²) in [7, 11) is 0. The zero-order chi connectivity index (χ0) is 15.3. The Morgan fingerprint density at radius 3 is 1.86 bits per heavy atom. The highest BCUT2D eigenvalue weighted by Crippen LogP contribution is 2.15. The van der Waals surface area contributed by atoms with E-state index in [0.29, 0.717) is 0 Å². The molecule has 0 unspecified atom stereocenters. The lowest BCUT2D eigenvalue weighted by Gasteiger charge is -2.02. The van der Waals surface area contributed by atoms with Crippen molar-refractivity contribution >= 4 is 11.3 Å². The van der Waals surface area contributed by atoms with Gasteiger partial charge in [0.05, 0.1) is 0 Å². The Balaban J connectivity index is 1.33. The van der Waals surface area contributed by atoms with Gasteiger partial charge >= 0.3 is 0 Å². The Hall–Kier alpha value is -1.22. The number of hydrogen-bond donors (Lipinski definition) is 0. The second kappa shape index (κ2) is 11.4. The molecule has 2 rings (SSSR count). The Bertz CT molecular complexity index is 467. The van der Waals surface area contributed by atoms with Crippen LogP contribution in [0.3, 0.4) is 0 Å². The largest absolute Gasteiger partial charge is 0.241 e. The van der Waals surface area contributed by atoms with E-state index >= 15 is 0 Å². The predicted molar refractivity (Wildman–Crippen MR) is 95.3 cm³/mol. The summed E-state index contributed by atoms with van der Waals surface area (Å²) >= 11 is 1.89. The molecule has 120 valence electrons. The van der Waals surface area contributed by atoms with Crippen LogP contribution < -0.4 is 0 Å². The Morgan fingerprint density at radius 1 is 0.682 bits per heavy atom. The van der Waals surface area contributed by atoms with Gasteiger partial charge in [-0.1, -0.05) is 51.0 Å². The summed E-state index contributed by atoms with van der Waals surface area (Å²) in [6.45, 7) is 0. The SMILES string of the molecule is c1cnc(CCCCCCCCCCCc2cccs2)nc1. The van der Waals surface area contributed by atoms with Crippen molar-refractivity contribution < 1.29 is 0 Å². The highest BCUT2D eigenvalue weighted by atomic mass is 32.1. The molecule has 3 heteroatoms. The third-order valence-corrected chi connectivity index (χ3v) is 4.96. The van der Waals surface area contributed by atoms with Crippen molar-refractivity contribution in [2.45, 2.75) is 70.6 Å². The van der Waals surface area contributed by atoms with Crippen LogP contribution >= 0.6 is 11.3 Å². The minimum Gasteiger partial charge on any atom is -0.241 e. The van der Waals surface area contributed by atoms with E-state index in [1.807, 2.05) is 29.8 Å². The fraction of sp³-hybridized carbons (Fsp3) is 0.579. The molecule has 0 aliphatic heterocycles. The number of nitrogens with zero attached hydrogens (tertiary/aromatic N) is 2. The van der Waals surface area contributed by atoms with Crippen molar-refractivity contribution in [1.82, 2.24) is 9.97 Å². The van der Waals surface area contributed by atoms with Gasteiger partial charge in [-0.15, -0.1) is 11.3 Å². The highest BCUT2D eigenvalue weighted by molar-refractivity contribution is 7.09. The molecular formula is C19H28N2S. The number of thiophene rings is 1. The average molecular weight is 317 g/mol. The van der Waals surface area contributed by atoms with Gasteiger partial charge in [-0.05, 0) is 36.8 Å². The fourth-order valence-electron chi connectivity index (χ4n) is 2.73. The molecule has 0 aliphatic carbocycles.